The molecule has 0 nitrogen and oxygen atoms in total. The van der Waals surface area contributed by atoms with Crippen molar-refractivity contribution in [1.29, 1.82) is 0 Å². The number of hydrogen-bond acceptors (Lipinski definition) is 0. The van der Waals surface area contributed by atoms with Gasteiger partial charge in [-0.2, -0.15) is 0 Å². The maximum absolute atomic E-state index is 13.3. The van der Waals surface area contributed by atoms with Crippen molar-refractivity contribution in [2.45, 2.75) is 5.38 Å². The Hall–Kier alpha value is -0.760. The lowest BCUT2D eigenvalue weighted by Gasteiger charge is -2.12. The Morgan fingerprint density at radius 3 is 2.24 bits per heavy atom. The lowest BCUT2D eigenvalue weighted by atomic mass is 10.0. The molecule has 0 N–H and O–H groups in total. The van der Waals surface area contributed by atoms with Crippen LogP contribution in [0.15, 0.2) is 42.5 Å². The first-order valence-corrected chi connectivity index (χ1v) is 6.12. The minimum Gasteiger partial charge on any atom is -0.205 e. The quantitative estimate of drug-likeness (QED) is 0.644. The van der Waals surface area contributed by atoms with E-state index < -0.39 is 11.2 Å². The molecule has 1 unspecified atom stereocenters. The highest BCUT2D eigenvalue weighted by atomic mass is 35.5. The van der Waals surface area contributed by atoms with Crippen molar-refractivity contribution in [2.24, 2.45) is 0 Å². The second kappa shape index (κ2) is 5.26. The van der Waals surface area contributed by atoms with Crippen LogP contribution in [-0.4, -0.2) is 0 Å². The fourth-order valence-corrected chi connectivity index (χ4v) is 2.27. The minimum absolute atomic E-state index is 0.0578. The Morgan fingerprint density at radius 2 is 1.59 bits per heavy atom. The number of hydrogen-bond donors (Lipinski definition) is 0. The van der Waals surface area contributed by atoms with E-state index in [1.807, 2.05) is 0 Å². The summed E-state index contributed by atoms with van der Waals surface area (Å²) in [5.41, 5.74) is 1.37. The molecule has 0 amide bonds. The molecule has 0 spiro atoms. The number of benzene rings is 2. The zero-order chi connectivity index (χ0) is 12.4. The molecular formula is C13H8Cl3F. The van der Waals surface area contributed by atoms with Crippen molar-refractivity contribution >= 4 is 34.8 Å². The smallest absolute Gasteiger partial charge is 0.142 e. The Labute approximate surface area is 114 Å². The van der Waals surface area contributed by atoms with Gasteiger partial charge in [-0.25, -0.2) is 4.39 Å². The largest absolute Gasteiger partial charge is 0.205 e. The molecule has 2 aromatic carbocycles. The second-order valence-corrected chi connectivity index (χ2v) is 4.81. The molecule has 1 atom stereocenters. The molecule has 0 heterocycles. The van der Waals surface area contributed by atoms with Gasteiger partial charge in [0.25, 0.3) is 0 Å². The second-order valence-electron chi connectivity index (χ2n) is 3.56. The van der Waals surface area contributed by atoms with Gasteiger partial charge >= 0.3 is 0 Å². The molecule has 0 radical (unpaired) electrons. The van der Waals surface area contributed by atoms with Crippen molar-refractivity contribution in [3.05, 3.63) is 69.5 Å². The summed E-state index contributed by atoms with van der Waals surface area (Å²) in [5, 5.41) is 0.195. The molecule has 0 saturated heterocycles. The van der Waals surface area contributed by atoms with Crippen molar-refractivity contribution in [3.8, 4) is 0 Å². The van der Waals surface area contributed by atoms with Gasteiger partial charge in [-0.3, -0.25) is 0 Å². The molecule has 2 aromatic rings. The SMILES string of the molecule is Fc1cccc(C(Cl)c2ccc(Cl)cc2)c1Cl. The first-order chi connectivity index (χ1) is 8.09. The van der Waals surface area contributed by atoms with Crippen LogP contribution in [0.5, 0.6) is 0 Å². The molecule has 0 bridgehead atoms. The lowest BCUT2D eigenvalue weighted by Crippen LogP contribution is -1.95. The van der Waals surface area contributed by atoms with Crippen LogP contribution in [-0.2, 0) is 0 Å². The molecule has 4 heteroatoms. The van der Waals surface area contributed by atoms with E-state index in [0.717, 1.165) is 5.56 Å². The molecule has 0 aliphatic carbocycles. The number of rotatable bonds is 2. The van der Waals surface area contributed by atoms with Crippen molar-refractivity contribution in [1.82, 2.24) is 0 Å². The molecular weight excluding hydrogens is 282 g/mol. The number of halogens is 4. The summed E-state index contributed by atoms with van der Waals surface area (Å²) in [7, 11) is 0. The normalized spacial score (nSPS) is 12.5. The predicted molar refractivity (Wildman–Crippen MR) is 70.6 cm³/mol. The van der Waals surface area contributed by atoms with Crippen LogP contribution in [0, 0.1) is 5.82 Å². The van der Waals surface area contributed by atoms with Gasteiger partial charge in [0.2, 0.25) is 0 Å². The van der Waals surface area contributed by atoms with Crippen LogP contribution in [0.1, 0.15) is 16.5 Å². The summed E-state index contributed by atoms with van der Waals surface area (Å²) in [6.45, 7) is 0. The molecule has 0 saturated carbocycles. The topological polar surface area (TPSA) is 0 Å². The highest BCUT2D eigenvalue weighted by Crippen LogP contribution is 2.34. The fourth-order valence-electron chi connectivity index (χ4n) is 1.53. The molecule has 17 heavy (non-hydrogen) atoms. The van der Waals surface area contributed by atoms with E-state index in [9.17, 15) is 4.39 Å². The van der Waals surface area contributed by atoms with E-state index in [0.29, 0.717) is 10.6 Å². The monoisotopic (exact) mass is 288 g/mol. The van der Waals surface area contributed by atoms with E-state index in [4.69, 9.17) is 34.8 Å². The summed E-state index contributed by atoms with van der Waals surface area (Å²) < 4.78 is 13.3. The van der Waals surface area contributed by atoms with Crippen molar-refractivity contribution in [3.63, 3.8) is 0 Å². The third-order valence-electron chi connectivity index (χ3n) is 2.42. The third kappa shape index (κ3) is 2.74. The zero-order valence-electron chi connectivity index (χ0n) is 8.63. The van der Waals surface area contributed by atoms with E-state index in [-0.39, 0.29) is 5.02 Å². The van der Waals surface area contributed by atoms with Crippen LogP contribution in [0.4, 0.5) is 4.39 Å². The van der Waals surface area contributed by atoms with E-state index in [1.165, 1.54) is 6.07 Å². The van der Waals surface area contributed by atoms with Crippen LogP contribution in [0.2, 0.25) is 10.0 Å². The Balaban J connectivity index is 2.40. The van der Waals surface area contributed by atoms with Gasteiger partial charge in [0.1, 0.15) is 5.82 Å². The maximum atomic E-state index is 13.3. The molecule has 88 valence electrons. The van der Waals surface area contributed by atoms with Crippen LogP contribution >= 0.6 is 34.8 Å². The van der Waals surface area contributed by atoms with E-state index >= 15 is 0 Å². The average Bonchev–Trinajstić information content (AvgIpc) is 2.33. The summed E-state index contributed by atoms with van der Waals surface area (Å²) in [5.74, 6) is -0.469. The van der Waals surface area contributed by atoms with Crippen LogP contribution < -0.4 is 0 Å². The van der Waals surface area contributed by atoms with Crippen molar-refractivity contribution in [2.75, 3.05) is 0 Å². The summed E-state index contributed by atoms with van der Waals surface area (Å²) >= 11 is 17.9. The summed E-state index contributed by atoms with van der Waals surface area (Å²) in [4.78, 5) is 0. The lowest BCUT2D eigenvalue weighted by molar-refractivity contribution is 0.626. The summed E-state index contributed by atoms with van der Waals surface area (Å²) in [6, 6.07) is 11.7. The third-order valence-corrected chi connectivity index (χ3v) is 3.55. The molecule has 2 rings (SSSR count). The Morgan fingerprint density at radius 1 is 0.941 bits per heavy atom. The van der Waals surface area contributed by atoms with E-state index in [1.54, 1.807) is 36.4 Å². The Bertz CT molecular complexity index is 523. The maximum Gasteiger partial charge on any atom is 0.142 e. The predicted octanol–water partition coefficient (Wildman–Crippen LogP) is 5.46. The summed E-state index contributed by atoms with van der Waals surface area (Å²) in [6.07, 6.45) is 0. The molecule has 0 aromatic heterocycles. The average molecular weight is 290 g/mol. The molecule has 0 aliphatic heterocycles. The zero-order valence-corrected chi connectivity index (χ0v) is 10.9. The van der Waals surface area contributed by atoms with Gasteiger partial charge in [0.15, 0.2) is 0 Å². The molecule has 0 fully saturated rings. The molecule has 0 aliphatic rings. The fraction of sp³-hybridized carbons (Fsp3) is 0.0769. The first-order valence-electron chi connectivity index (χ1n) is 4.93. The van der Waals surface area contributed by atoms with E-state index in [2.05, 4.69) is 0 Å². The van der Waals surface area contributed by atoms with Gasteiger partial charge in [0, 0.05) is 5.02 Å². The minimum atomic E-state index is -0.490. The first kappa shape index (κ1) is 12.7. The van der Waals surface area contributed by atoms with Gasteiger partial charge in [-0.1, -0.05) is 47.5 Å². The van der Waals surface area contributed by atoms with Gasteiger partial charge < -0.3 is 0 Å². The van der Waals surface area contributed by atoms with Crippen LogP contribution in [0.25, 0.3) is 0 Å². The van der Waals surface area contributed by atoms with Crippen LogP contribution in [0.3, 0.4) is 0 Å². The van der Waals surface area contributed by atoms with Crippen molar-refractivity contribution < 1.29 is 4.39 Å². The Kier molecular flexibility index (Phi) is 3.93. The highest BCUT2D eigenvalue weighted by molar-refractivity contribution is 6.33. The standard InChI is InChI=1S/C13H8Cl3F/c14-9-6-4-8(5-7-9)12(15)10-2-1-3-11(17)13(10)16/h1-7,12H. The van der Waals surface area contributed by atoms with Gasteiger partial charge in [0.05, 0.1) is 10.4 Å². The highest BCUT2D eigenvalue weighted by Gasteiger charge is 2.16. The van der Waals surface area contributed by atoms with Gasteiger partial charge in [-0.05, 0) is 29.3 Å². The number of alkyl halides is 1. The van der Waals surface area contributed by atoms with Gasteiger partial charge in [-0.15, -0.1) is 11.6 Å².